The van der Waals surface area contributed by atoms with E-state index in [2.05, 4.69) is 4.74 Å². The van der Waals surface area contributed by atoms with Crippen LogP contribution in [0.15, 0.2) is 23.1 Å². The molecule has 1 rings (SSSR count). The van der Waals surface area contributed by atoms with Crippen molar-refractivity contribution in [2.75, 3.05) is 17.6 Å². The van der Waals surface area contributed by atoms with E-state index in [1.54, 1.807) is 0 Å². The monoisotopic (exact) mass is 327 g/mol. The zero-order valence-electron chi connectivity index (χ0n) is 10.5. The summed E-state index contributed by atoms with van der Waals surface area (Å²) < 4.78 is 64.0. The first-order valence-electron chi connectivity index (χ1n) is 5.44. The van der Waals surface area contributed by atoms with Gasteiger partial charge in [-0.25, -0.2) is 13.2 Å². The zero-order chi connectivity index (χ0) is 16.3. The van der Waals surface area contributed by atoms with E-state index in [0.29, 0.717) is 6.07 Å². The highest BCUT2D eigenvalue weighted by atomic mass is 32.2. The predicted molar refractivity (Wildman–Crippen MR) is 67.4 cm³/mol. The molecular formula is C10H12F3N3O4S. The van der Waals surface area contributed by atoms with Crippen LogP contribution in [0.5, 0.6) is 5.75 Å². The van der Waals surface area contributed by atoms with Crippen molar-refractivity contribution in [3.63, 3.8) is 0 Å². The molecule has 0 radical (unpaired) electrons. The summed E-state index contributed by atoms with van der Waals surface area (Å²) in [7, 11) is -4.01. The molecule has 0 aliphatic carbocycles. The third kappa shape index (κ3) is 5.11. The van der Waals surface area contributed by atoms with Gasteiger partial charge in [-0.05, 0) is 12.1 Å². The number of urea groups is 1. The Morgan fingerprint density at radius 1 is 1.33 bits per heavy atom. The minimum Gasteiger partial charge on any atom is -0.406 e. The van der Waals surface area contributed by atoms with Gasteiger partial charge in [-0.1, -0.05) is 0 Å². The van der Waals surface area contributed by atoms with Gasteiger partial charge in [0.05, 0.1) is 16.3 Å². The molecule has 1 aromatic rings. The molecule has 0 atom stereocenters. The van der Waals surface area contributed by atoms with Crippen LogP contribution in [0.25, 0.3) is 0 Å². The van der Waals surface area contributed by atoms with E-state index < -0.39 is 38.6 Å². The summed E-state index contributed by atoms with van der Waals surface area (Å²) in [6.07, 6.45) is -4.98. The maximum absolute atomic E-state index is 12.1. The van der Waals surface area contributed by atoms with Gasteiger partial charge in [0, 0.05) is 12.6 Å². The maximum Gasteiger partial charge on any atom is 0.573 e. The van der Waals surface area contributed by atoms with Crippen LogP contribution in [-0.4, -0.2) is 33.1 Å². The average molecular weight is 327 g/mol. The molecule has 5 N–H and O–H groups in total. The Balaban J connectivity index is 3.32. The number of nitrogens with two attached hydrogens (primary N) is 2. The van der Waals surface area contributed by atoms with E-state index in [-0.39, 0.29) is 12.2 Å². The third-order valence-corrected chi connectivity index (χ3v) is 3.95. The molecule has 0 saturated carbocycles. The molecule has 0 unspecified atom stereocenters. The summed E-state index contributed by atoms with van der Waals surface area (Å²) in [5, 5.41) is 2.01. The lowest BCUT2D eigenvalue weighted by Gasteiger charge is -2.14. The number of carbonyl (C=O) groups excluding carboxylic acids is 1. The SMILES string of the molecule is NCCS(=O)(=O)c1cc(OC(F)(F)F)ccc1NC(N)=O. The molecule has 0 heterocycles. The fourth-order valence-corrected chi connectivity index (χ4v) is 2.74. The van der Waals surface area contributed by atoms with E-state index in [4.69, 9.17) is 11.5 Å². The highest BCUT2D eigenvalue weighted by Crippen LogP contribution is 2.30. The van der Waals surface area contributed by atoms with Gasteiger partial charge in [0.2, 0.25) is 0 Å². The summed E-state index contributed by atoms with van der Waals surface area (Å²) in [5.74, 6) is -1.26. The van der Waals surface area contributed by atoms with E-state index in [1.807, 2.05) is 5.32 Å². The van der Waals surface area contributed by atoms with Crippen LogP contribution in [0, 0.1) is 0 Å². The summed E-state index contributed by atoms with van der Waals surface area (Å²) in [4.78, 5) is 10.2. The van der Waals surface area contributed by atoms with Gasteiger partial charge in [-0.15, -0.1) is 13.2 Å². The second kappa shape index (κ2) is 6.18. The molecule has 2 amide bonds. The van der Waals surface area contributed by atoms with Crippen molar-refractivity contribution in [1.29, 1.82) is 0 Å². The zero-order valence-corrected chi connectivity index (χ0v) is 11.3. The minimum atomic E-state index is -4.98. The third-order valence-electron chi connectivity index (χ3n) is 2.17. The standard InChI is InChI=1S/C10H12F3N3O4S/c11-10(12,13)20-6-1-2-7(16-9(15)17)8(5-6)21(18,19)4-3-14/h1-2,5H,3-4,14H2,(H3,15,16,17). The van der Waals surface area contributed by atoms with Crippen LogP contribution in [0.2, 0.25) is 0 Å². The first-order valence-corrected chi connectivity index (χ1v) is 7.09. The van der Waals surface area contributed by atoms with Crippen LogP contribution in [-0.2, 0) is 9.84 Å². The van der Waals surface area contributed by atoms with Crippen molar-refractivity contribution in [2.24, 2.45) is 11.5 Å². The number of benzene rings is 1. The lowest BCUT2D eigenvalue weighted by atomic mass is 10.3. The van der Waals surface area contributed by atoms with Crippen molar-refractivity contribution in [2.45, 2.75) is 11.3 Å². The topological polar surface area (TPSA) is 125 Å². The molecule has 1 aromatic carbocycles. The van der Waals surface area contributed by atoms with Crippen molar-refractivity contribution < 1.29 is 31.1 Å². The number of hydrogen-bond donors (Lipinski definition) is 3. The van der Waals surface area contributed by atoms with E-state index in [0.717, 1.165) is 12.1 Å². The lowest BCUT2D eigenvalue weighted by molar-refractivity contribution is -0.274. The largest absolute Gasteiger partial charge is 0.573 e. The Kier molecular flexibility index (Phi) is 5.01. The van der Waals surface area contributed by atoms with Gasteiger partial charge in [0.25, 0.3) is 0 Å². The van der Waals surface area contributed by atoms with Gasteiger partial charge in [0.15, 0.2) is 9.84 Å². The van der Waals surface area contributed by atoms with Crippen LogP contribution >= 0.6 is 0 Å². The summed E-state index contributed by atoms with van der Waals surface area (Å²) in [6, 6.07) is 1.36. The molecule has 11 heteroatoms. The van der Waals surface area contributed by atoms with Gasteiger partial charge in [0.1, 0.15) is 5.75 Å². The molecule has 0 aliphatic rings. The van der Waals surface area contributed by atoms with Gasteiger partial charge in [-0.3, -0.25) is 0 Å². The van der Waals surface area contributed by atoms with Gasteiger partial charge >= 0.3 is 12.4 Å². The fourth-order valence-electron chi connectivity index (χ4n) is 1.46. The molecule has 0 saturated heterocycles. The quantitative estimate of drug-likeness (QED) is 0.738. The Bertz CT molecular complexity index is 631. The number of primary amides is 1. The number of ether oxygens (including phenoxy) is 1. The van der Waals surface area contributed by atoms with Crippen LogP contribution in [0.3, 0.4) is 0 Å². The molecule has 0 fully saturated rings. The number of alkyl halides is 3. The highest BCUT2D eigenvalue weighted by Gasteiger charge is 2.32. The normalized spacial score (nSPS) is 12.0. The second-order valence-electron chi connectivity index (χ2n) is 3.80. The van der Waals surface area contributed by atoms with Crippen molar-refractivity contribution >= 4 is 21.6 Å². The minimum absolute atomic E-state index is 0.247. The average Bonchev–Trinajstić information content (AvgIpc) is 2.28. The Morgan fingerprint density at radius 3 is 2.43 bits per heavy atom. The number of amides is 2. The second-order valence-corrected chi connectivity index (χ2v) is 5.88. The van der Waals surface area contributed by atoms with E-state index in [9.17, 15) is 26.4 Å². The van der Waals surface area contributed by atoms with Gasteiger partial charge < -0.3 is 21.5 Å². The smallest absolute Gasteiger partial charge is 0.406 e. The number of halogens is 3. The number of rotatable bonds is 5. The number of carbonyl (C=O) groups is 1. The summed E-state index contributed by atoms with van der Waals surface area (Å²) in [5.41, 5.74) is 9.75. The Morgan fingerprint density at radius 2 is 1.95 bits per heavy atom. The molecule has 0 aromatic heterocycles. The Labute approximate surface area is 118 Å². The maximum atomic E-state index is 12.1. The van der Waals surface area contributed by atoms with Crippen LogP contribution in [0.4, 0.5) is 23.7 Å². The summed E-state index contributed by atoms with van der Waals surface area (Å²) >= 11 is 0. The first kappa shape index (κ1) is 17.0. The fraction of sp³-hybridized carbons (Fsp3) is 0.300. The summed E-state index contributed by atoms with van der Waals surface area (Å²) in [6.45, 7) is -0.247. The molecule has 118 valence electrons. The first-order chi connectivity index (χ1) is 9.55. The van der Waals surface area contributed by atoms with E-state index >= 15 is 0 Å². The number of sulfone groups is 1. The van der Waals surface area contributed by atoms with Crippen LogP contribution in [0.1, 0.15) is 0 Å². The number of hydrogen-bond acceptors (Lipinski definition) is 5. The molecule has 0 aliphatic heterocycles. The molecule has 0 bridgehead atoms. The van der Waals surface area contributed by atoms with Crippen LogP contribution < -0.4 is 21.5 Å². The molecule has 21 heavy (non-hydrogen) atoms. The lowest BCUT2D eigenvalue weighted by Crippen LogP contribution is -2.23. The highest BCUT2D eigenvalue weighted by molar-refractivity contribution is 7.91. The predicted octanol–water partition coefficient (Wildman–Crippen LogP) is 0.808. The van der Waals surface area contributed by atoms with Crippen molar-refractivity contribution in [3.05, 3.63) is 18.2 Å². The van der Waals surface area contributed by atoms with E-state index in [1.165, 1.54) is 0 Å². The number of nitrogens with one attached hydrogen (secondary N) is 1. The van der Waals surface area contributed by atoms with Crippen molar-refractivity contribution in [3.8, 4) is 5.75 Å². The van der Waals surface area contributed by atoms with Gasteiger partial charge in [-0.2, -0.15) is 0 Å². The molecular weight excluding hydrogens is 315 g/mol. The molecule has 0 spiro atoms. The number of anilines is 1. The molecule has 7 nitrogen and oxygen atoms in total. The van der Waals surface area contributed by atoms with Crippen molar-refractivity contribution in [1.82, 2.24) is 0 Å². The Hall–Kier alpha value is -2.01.